The Hall–Kier alpha value is -2.18. The van der Waals surface area contributed by atoms with Gasteiger partial charge in [-0.3, -0.25) is 14.7 Å². The Morgan fingerprint density at radius 3 is 2.57 bits per heavy atom. The number of nitrogens with one attached hydrogen (secondary N) is 2. The molecule has 1 saturated heterocycles. The topological polar surface area (TPSA) is 87.2 Å². The molecular weight excluding hydrogens is 270 g/mol. The largest absolute Gasteiger partial charge is 0.369 e. The number of rotatable bonds is 6. The molecule has 2 heterocycles. The minimum Gasteiger partial charge on any atom is -0.369 e. The number of carbonyl (C=O) groups excluding carboxylic acids is 2. The van der Waals surface area contributed by atoms with Gasteiger partial charge in [0.2, 0.25) is 0 Å². The standard InChI is InChI=1S/C14H21N5O2/c1-4-6-15-11-8-16-10(7-17-11)9-19-12(20)14(3,5-2)18-13(19)21/h7-8H,4-6,9H2,1-3H3,(H,15,17)(H,18,21). The molecule has 0 radical (unpaired) electrons. The average Bonchev–Trinajstić information content (AvgIpc) is 2.70. The predicted molar refractivity (Wildman–Crippen MR) is 78.6 cm³/mol. The van der Waals surface area contributed by atoms with Gasteiger partial charge in [0.15, 0.2) is 0 Å². The van der Waals surface area contributed by atoms with Gasteiger partial charge >= 0.3 is 6.03 Å². The highest BCUT2D eigenvalue weighted by atomic mass is 16.2. The normalized spacial score (nSPS) is 21.6. The Morgan fingerprint density at radius 2 is 2.05 bits per heavy atom. The molecule has 7 nitrogen and oxygen atoms in total. The summed E-state index contributed by atoms with van der Waals surface area (Å²) in [5.74, 6) is 0.473. The van der Waals surface area contributed by atoms with Crippen molar-refractivity contribution in [1.82, 2.24) is 20.2 Å². The van der Waals surface area contributed by atoms with Crippen molar-refractivity contribution in [2.45, 2.75) is 45.7 Å². The van der Waals surface area contributed by atoms with Gasteiger partial charge in [0.1, 0.15) is 11.4 Å². The lowest BCUT2D eigenvalue weighted by molar-refractivity contribution is -0.131. The van der Waals surface area contributed by atoms with E-state index in [-0.39, 0.29) is 18.5 Å². The number of nitrogens with zero attached hydrogens (tertiary/aromatic N) is 3. The molecule has 114 valence electrons. The molecule has 1 aliphatic rings. The van der Waals surface area contributed by atoms with Crippen LogP contribution in [0.15, 0.2) is 12.4 Å². The minimum absolute atomic E-state index is 0.140. The zero-order valence-corrected chi connectivity index (χ0v) is 12.6. The van der Waals surface area contributed by atoms with Crippen LogP contribution in [0.1, 0.15) is 39.3 Å². The van der Waals surface area contributed by atoms with Crippen molar-refractivity contribution in [3.05, 3.63) is 18.1 Å². The van der Waals surface area contributed by atoms with Crippen LogP contribution < -0.4 is 10.6 Å². The summed E-state index contributed by atoms with van der Waals surface area (Å²) in [6, 6.07) is -0.376. The summed E-state index contributed by atoms with van der Waals surface area (Å²) in [6.07, 6.45) is 4.75. The van der Waals surface area contributed by atoms with Crippen LogP contribution in [0.3, 0.4) is 0 Å². The molecule has 0 spiro atoms. The van der Waals surface area contributed by atoms with Crippen LogP contribution in [-0.4, -0.2) is 38.9 Å². The first kappa shape index (κ1) is 15.2. The van der Waals surface area contributed by atoms with Gasteiger partial charge in [0.05, 0.1) is 24.6 Å². The molecule has 1 fully saturated rings. The van der Waals surface area contributed by atoms with Crippen LogP contribution in [-0.2, 0) is 11.3 Å². The molecule has 1 aromatic rings. The van der Waals surface area contributed by atoms with Crippen LogP contribution >= 0.6 is 0 Å². The summed E-state index contributed by atoms with van der Waals surface area (Å²) in [4.78, 5) is 33.8. The monoisotopic (exact) mass is 291 g/mol. The van der Waals surface area contributed by atoms with Crippen LogP contribution in [0.2, 0.25) is 0 Å². The molecule has 2 N–H and O–H groups in total. The maximum Gasteiger partial charge on any atom is 0.325 e. The maximum absolute atomic E-state index is 12.3. The molecule has 1 aliphatic heterocycles. The zero-order chi connectivity index (χ0) is 15.5. The number of hydrogen-bond donors (Lipinski definition) is 2. The van der Waals surface area contributed by atoms with E-state index < -0.39 is 5.54 Å². The van der Waals surface area contributed by atoms with Crippen LogP contribution in [0.5, 0.6) is 0 Å². The van der Waals surface area contributed by atoms with Crippen molar-refractivity contribution in [2.75, 3.05) is 11.9 Å². The fourth-order valence-electron chi connectivity index (χ4n) is 2.07. The zero-order valence-electron chi connectivity index (χ0n) is 12.6. The third kappa shape index (κ3) is 3.12. The summed E-state index contributed by atoms with van der Waals surface area (Å²) in [7, 11) is 0. The smallest absolute Gasteiger partial charge is 0.325 e. The van der Waals surface area contributed by atoms with Gasteiger partial charge in [-0.2, -0.15) is 0 Å². The van der Waals surface area contributed by atoms with Crippen molar-refractivity contribution in [3.8, 4) is 0 Å². The molecule has 21 heavy (non-hydrogen) atoms. The summed E-state index contributed by atoms with van der Waals surface area (Å²) < 4.78 is 0. The molecule has 0 saturated carbocycles. The third-order valence-electron chi connectivity index (χ3n) is 3.63. The Kier molecular flexibility index (Phi) is 4.40. The van der Waals surface area contributed by atoms with Gasteiger partial charge < -0.3 is 10.6 Å². The number of amides is 3. The van der Waals surface area contributed by atoms with Crippen LogP contribution in [0.4, 0.5) is 10.6 Å². The summed E-state index contributed by atoms with van der Waals surface area (Å²) in [5.41, 5.74) is -0.228. The molecule has 1 aromatic heterocycles. The SMILES string of the molecule is CCCNc1cnc(CN2C(=O)NC(C)(CC)C2=O)cn1. The van der Waals surface area contributed by atoms with Gasteiger partial charge in [-0.15, -0.1) is 0 Å². The van der Waals surface area contributed by atoms with Gasteiger partial charge in [-0.1, -0.05) is 13.8 Å². The number of aromatic nitrogens is 2. The highest BCUT2D eigenvalue weighted by molar-refractivity contribution is 6.06. The molecular formula is C14H21N5O2. The van der Waals surface area contributed by atoms with Crippen molar-refractivity contribution in [2.24, 2.45) is 0 Å². The highest BCUT2D eigenvalue weighted by Gasteiger charge is 2.46. The van der Waals surface area contributed by atoms with E-state index in [9.17, 15) is 9.59 Å². The third-order valence-corrected chi connectivity index (χ3v) is 3.63. The molecule has 0 aromatic carbocycles. The van der Waals surface area contributed by atoms with E-state index in [0.29, 0.717) is 17.9 Å². The molecule has 1 atom stereocenters. The van der Waals surface area contributed by atoms with E-state index in [2.05, 4.69) is 27.5 Å². The van der Waals surface area contributed by atoms with Crippen molar-refractivity contribution in [1.29, 1.82) is 0 Å². The van der Waals surface area contributed by atoms with Gasteiger partial charge in [-0.25, -0.2) is 9.78 Å². The van der Waals surface area contributed by atoms with E-state index in [4.69, 9.17) is 0 Å². The van der Waals surface area contributed by atoms with Crippen molar-refractivity contribution < 1.29 is 9.59 Å². The van der Waals surface area contributed by atoms with Gasteiger partial charge in [0, 0.05) is 6.54 Å². The second-order valence-corrected chi connectivity index (χ2v) is 5.33. The fraction of sp³-hybridized carbons (Fsp3) is 0.571. The number of urea groups is 1. The maximum atomic E-state index is 12.3. The van der Waals surface area contributed by atoms with E-state index in [1.54, 1.807) is 19.3 Å². The first-order valence-corrected chi connectivity index (χ1v) is 7.19. The Balaban J connectivity index is 2.05. The van der Waals surface area contributed by atoms with Crippen LogP contribution in [0.25, 0.3) is 0 Å². The molecule has 3 amide bonds. The molecule has 0 aliphatic carbocycles. The number of carbonyl (C=O) groups is 2. The molecule has 0 bridgehead atoms. The molecule has 1 unspecified atom stereocenters. The van der Waals surface area contributed by atoms with Crippen LogP contribution in [0, 0.1) is 0 Å². The lowest BCUT2D eigenvalue weighted by Crippen LogP contribution is -2.43. The average molecular weight is 291 g/mol. The van der Waals surface area contributed by atoms with Gasteiger partial charge in [-0.05, 0) is 19.8 Å². The number of hydrogen-bond acceptors (Lipinski definition) is 5. The van der Waals surface area contributed by atoms with E-state index in [1.807, 2.05) is 6.92 Å². The second-order valence-electron chi connectivity index (χ2n) is 5.33. The summed E-state index contributed by atoms with van der Waals surface area (Å²) in [6.45, 7) is 6.64. The minimum atomic E-state index is -0.812. The first-order valence-electron chi connectivity index (χ1n) is 7.19. The van der Waals surface area contributed by atoms with E-state index in [0.717, 1.165) is 13.0 Å². The Labute approximate surface area is 124 Å². The Morgan fingerprint density at radius 1 is 1.29 bits per heavy atom. The summed E-state index contributed by atoms with van der Waals surface area (Å²) >= 11 is 0. The summed E-state index contributed by atoms with van der Waals surface area (Å²) in [5, 5.41) is 5.84. The number of imide groups is 1. The predicted octanol–water partition coefficient (Wildman–Crippen LogP) is 1.52. The van der Waals surface area contributed by atoms with E-state index in [1.165, 1.54) is 4.90 Å². The quantitative estimate of drug-likeness (QED) is 0.776. The first-order chi connectivity index (χ1) is 10.00. The lowest BCUT2D eigenvalue weighted by Gasteiger charge is -2.19. The fourth-order valence-corrected chi connectivity index (χ4v) is 2.07. The molecule has 7 heteroatoms. The highest BCUT2D eigenvalue weighted by Crippen LogP contribution is 2.22. The lowest BCUT2D eigenvalue weighted by atomic mass is 9.99. The van der Waals surface area contributed by atoms with E-state index >= 15 is 0 Å². The Bertz CT molecular complexity index is 531. The number of anilines is 1. The van der Waals surface area contributed by atoms with Crippen molar-refractivity contribution in [3.63, 3.8) is 0 Å². The molecule has 2 rings (SSSR count). The van der Waals surface area contributed by atoms with Gasteiger partial charge in [0.25, 0.3) is 5.91 Å². The second kappa shape index (κ2) is 6.07. The van der Waals surface area contributed by atoms with Crippen molar-refractivity contribution >= 4 is 17.8 Å².